The Kier molecular flexibility index (Phi) is 3.44. The highest BCUT2D eigenvalue weighted by molar-refractivity contribution is 9.10. The first kappa shape index (κ1) is 12.1. The predicted octanol–water partition coefficient (Wildman–Crippen LogP) is 2.45. The number of rotatable bonds is 3. The van der Waals surface area contributed by atoms with E-state index in [9.17, 15) is 4.39 Å². The second kappa shape index (κ2) is 4.85. The summed E-state index contributed by atoms with van der Waals surface area (Å²) in [5, 5.41) is 0. The lowest BCUT2D eigenvalue weighted by molar-refractivity contribution is 0.386. The molecule has 3 N–H and O–H groups in total. The maximum atomic E-state index is 13.6. The topological polar surface area (TPSA) is 63.9 Å². The van der Waals surface area contributed by atoms with Gasteiger partial charge in [0, 0.05) is 12.1 Å². The molecule has 1 aromatic heterocycles. The molecule has 0 saturated heterocycles. The zero-order valence-electron chi connectivity index (χ0n) is 9.13. The highest BCUT2D eigenvalue weighted by Crippen LogP contribution is 2.27. The summed E-state index contributed by atoms with van der Waals surface area (Å²) in [4.78, 5) is 7.19. The van der Waals surface area contributed by atoms with Crippen LogP contribution in [0.25, 0.3) is 11.3 Å². The van der Waals surface area contributed by atoms with Crippen molar-refractivity contribution in [3.05, 3.63) is 34.4 Å². The van der Waals surface area contributed by atoms with Gasteiger partial charge in [0.15, 0.2) is 16.3 Å². The van der Waals surface area contributed by atoms with E-state index < -0.39 is 5.82 Å². The number of nitrogens with two attached hydrogens (primary N) is 1. The van der Waals surface area contributed by atoms with E-state index in [0.717, 1.165) is 5.69 Å². The van der Waals surface area contributed by atoms with E-state index in [1.54, 1.807) is 12.1 Å². The summed E-state index contributed by atoms with van der Waals surface area (Å²) in [5.74, 6) is -0.218. The number of hydrogen-bond acceptors (Lipinski definition) is 3. The van der Waals surface area contributed by atoms with E-state index in [0.29, 0.717) is 22.5 Å². The molecular weight excluding hydrogens is 289 g/mol. The van der Waals surface area contributed by atoms with E-state index >= 15 is 0 Å². The third kappa shape index (κ3) is 2.32. The van der Waals surface area contributed by atoms with Crippen LogP contribution in [0, 0.1) is 5.82 Å². The largest absolute Gasteiger partial charge is 0.494 e. The van der Waals surface area contributed by atoms with Crippen LogP contribution in [0.15, 0.2) is 22.9 Å². The van der Waals surface area contributed by atoms with Crippen molar-refractivity contribution in [2.75, 3.05) is 7.11 Å². The van der Waals surface area contributed by atoms with Crippen LogP contribution in [0.4, 0.5) is 4.39 Å². The Hall–Kier alpha value is -1.40. The SMILES string of the molecule is COc1ccc(-c2nc(Br)[nH]c2CN)cc1F. The maximum absolute atomic E-state index is 13.6. The van der Waals surface area contributed by atoms with Crippen molar-refractivity contribution in [1.82, 2.24) is 9.97 Å². The average Bonchev–Trinajstić information content (AvgIpc) is 2.70. The fraction of sp³-hybridized carbons (Fsp3) is 0.182. The van der Waals surface area contributed by atoms with Gasteiger partial charge >= 0.3 is 0 Å². The minimum atomic E-state index is -0.424. The second-order valence-electron chi connectivity index (χ2n) is 3.41. The first-order chi connectivity index (χ1) is 8.15. The van der Waals surface area contributed by atoms with Gasteiger partial charge in [-0.3, -0.25) is 0 Å². The Labute approximate surface area is 106 Å². The van der Waals surface area contributed by atoms with Crippen molar-refractivity contribution < 1.29 is 9.13 Å². The minimum absolute atomic E-state index is 0.206. The van der Waals surface area contributed by atoms with Gasteiger partial charge in [0.2, 0.25) is 0 Å². The average molecular weight is 300 g/mol. The molecule has 0 saturated carbocycles. The lowest BCUT2D eigenvalue weighted by atomic mass is 10.1. The summed E-state index contributed by atoms with van der Waals surface area (Å²) in [7, 11) is 1.43. The number of H-pyrrole nitrogens is 1. The molecule has 0 aliphatic heterocycles. The number of aromatic nitrogens is 2. The van der Waals surface area contributed by atoms with Crippen molar-refractivity contribution in [2.24, 2.45) is 5.73 Å². The number of imidazole rings is 1. The quantitative estimate of drug-likeness (QED) is 0.915. The number of hydrogen-bond donors (Lipinski definition) is 2. The molecule has 90 valence electrons. The molecule has 0 spiro atoms. The summed E-state index contributed by atoms with van der Waals surface area (Å²) in [5.41, 5.74) is 7.63. The molecule has 6 heteroatoms. The van der Waals surface area contributed by atoms with Gasteiger partial charge in [-0.15, -0.1) is 0 Å². The van der Waals surface area contributed by atoms with Crippen molar-refractivity contribution >= 4 is 15.9 Å². The van der Waals surface area contributed by atoms with Crippen molar-refractivity contribution in [3.63, 3.8) is 0 Å². The van der Waals surface area contributed by atoms with Crippen LogP contribution in [0.3, 0.4) is 0 Å². The Morgan fingerprint density at radius 3 is 2.88 bits per heavy atom. The van der Waals surface area contributed by atoms with Gasteiger partial charge in [0.1, 0.15) is 0 Å². The van der Waals surface area contributed by atoms with Gasteiger partial charge in [-0.05, 0) is 34.1 Å². The normalized spacial score (nSPS) is 10.6. The van der Waals surface area contributed by atoms with Gasteiger partial charge in [-0.25, -0.2) is 9.37 Å². The molecule has 0 aliphatic rings. The maximum Gasteiger partial charge on any atom is 0.175 e. The van der Waals surface area contributed by atoms with Crippen LogP contribution in [-0.4, -0.2) is 17.1 Å². The summed E-state index contributed by atoms with van der Waals surface area (Å²) < 4.78 is 19.0. The molecule has 17 heavy (non-hydrogen) atoms. The van der Waals surface area contributed by atoms with Crippen LogP contribution in [0.5, 0.6) is 5.75 Å². The van der Waals surface area contributed by atoms with E-state index in [4.69, 9.17) is 10.5 Å². The smallest absolute Gasteiger partial charge is 0.175 e. The molecular formula is C11H11BrFN3O. The molecule has 0 fully saturated rings. The van der Waals surface area contributed by atoms with Crippen molar-refractivity contribution in [2.45, 2.75) is 6.54 Å². The lowest BCUT2D eigenvalue weighted by Crippen LogP contribution is -1.99. The van der Waals surface area contributed by atoms with Crippen LogP contribution in [0.2, 0.25) is 0 Å². The van der Waals surface area contributed by atoms with Crippen LogP contribution >= 0.6 is 15.9 Å². The van der Waals surface area contributed by atoms with Crippen LogP contribution in [-0.2, 0) is 6.54 Å². The van der Waals surface area contributed by atoms with Gasteiger partial charge in [-0.1, -0.05) is 0 Å². The van der Waals surface area contributed by atoms with Gasteiger partial charge in [-0.2, -0.15) is 0 Å². The fourth-order valence-electron chi connectivity index (χ4n) is 1.58. The molecule has 4 nitrogen and oxygen atoms in total. The van der Waals surface area contributed by atoms with Crippen molar-refractivity contribution in [1.29, 1.82) is 0 Å². The van der Waals surface area contributed by atoms with Crippen molar-refractivity contribution in [3.8, 4) is 17.0 Å². The molecule has 1 heterocycles. The Morgan fingerprint density at radius 1 is 1.53 bits per heavy atom. The molecule has 0 atom stereocenters. The summed E-state index contributed by atoms with van der Waals surface area (Å²) in [6.45, 7) is 0.307. The standard InChI is InChI=1S/C11H11BrFN3O/c1-17-9-3-2-6(4-7(9)13)10-8(5-14)15-11(12)16-10/h2-4H,5,14H2,1H3,(H,15,16). The highest BCUT2D eigenvalue weighted by Gasteiger charge is 2.12. The molecule has 0 radical (unpaired) electrons. The summed E-state index contributed by atoms with van der Waals surface area (Å²) in [6.07, 6.45) is 0. The number of halogens is 2. The monoisotopic (exact) mass is 299 g/mol. The predicted molar refractivity (Wildman–Crippen MR) is 66.1 cm³/mol. The Bertz CT molecular complexity index is 542. The zero-order chi connectivity index (χ0) is 12.4. The number of ether oxygens (including phenoxy) is 1. The van der Waals surface area contributed by atoms with E-state index in [2.05, 4.69) is 25.9 Å². The van der Waals surface area contributed by atoms with Crippen LogP contribution < -0.4 is 10.5 Å². The number of methoxy groups -OCH3 is 1. The first-order valence-electron chi connectivity index (χ1n) is 4.94. The molecule has 0 aliphatic carbocycles. The number of aromatic amines is 1. The molecule has 0 unspecified atom stereocenters. The number of nitrogens with one attached hydrogen (secondary N) is 1. The van der Waals surface area contributed by atoms with E-state index in [1.807, 2.05) is 0 Å². The molecule has 1 aromatic carbocycles. The third-order valence-corrected chi connectivity index (χ3v) is 2.75. The fourth-order valence-corrected chi connectivity index (χ4v) is 1.99. The van der Waals surface area contributed by atoms with Crippen LogP contribution in [0.1, 0.15) is 5.69 Å². The Morgan fingerprint density at radius 2 is 2.29 bits per heavy atom. The van der Waals surface area contributed by atoms with Gasteiger partial charge in [0.25, 0.3) is 0 Å². The number of benzene rings is 1. The van der Waals surface area contributed by atoms with Gasteiger partial charge in [0.05, 0.1) is 18.5 Å². The van der Waals surface area contributed by atoms with Gasteiger partial charge < -0.3 is 15.5 Å². The summed E-state index contributed by atoms with van der Waals surface area (Å²) in [6, 6.07) is 4.68. The second-order valence-corrected chi connectivity index (χ2v) is 4.16. The van der Waals surface area contributed by atoms with E-state index in [1.165, 1.54) is 13.2 Å². The molecule has 0 bridgehead atoms. The summed E-state index contributed by atoms with van der Waals surface area (Å²) >= 11 is 3.23. The van der Waals surface area contributed by atoms with E-state index in [-0.39, 0.29) is 5.75 Å². The Balaban J connectivity index is 2.49. The zero-order valence-corrected chi connectivity index (χ0v) is 10.7. The highest BCUT2D eigenvalue weighted by atomic mass is 79.9. The minimum Gasteiger partial charge on any atom is -0.494 e. The first-order valence-corrected chi connectivity index (χ1v) is 5.73. The third-order valence-electron chi connectivity index (χ3n) is 2.38. The molecule has 2 aromatic rings. The lowest BCUT2D eigenvalue weighted by Gasteiger charge is -2.04. The number of nitrogens with zero attached hydrogens (tertiary/aromatic N) is 1. The molecule has 0 amide bonds. The molecule has 2 rings (SSSR count).